The lowest BCUT2D eigenvalue weighted by atomic mass is 9.83. The van der Waals surface area contributed by atoms with Gasteiger partial charge in [-0.2, -0.15) is 0 Å². The van der Waals surface area contributed by atoms with Crippen molar-refractivity contribution in [1.82, 2.24) is 0 Å². The fourth-order valence-corrected chi connectivity index (χ4v) is 3.04. The summed E-state index contributed by atoms with van der Waals surface area (Å²) in [5.74, 6) is -0.252. The number of nitrogens with two attached hydrogens (primary N) is 1. The molecule has 0 saturated heterocycles. The van der Waals surface area contributed by atoms with E-state index in [4.69, 9.17) is 5.14 Å². The third kappa shape index (κ3) is 2.13. The Kier molecular flexibility index (Phi) is 3.17. The predicted octanol–water partition coefficient (Wildman–Crippen LogP) is 2.25. The van der Waals surface area contributed by atoms with Crippen molar-refractivity contribution in [2.24, 2.45) is 5.14 Å². The van der Waals surface area contributed by atoms with Crippen LogP contribution >= 0.6 is 0 Å². The molecule has 1 aromatic rings. The smallest absolute Gasteiger partial charge is 0.219 e. The molecule has 0 heterocycles. The molecule has 0 aliphatic heterocycles. The number of primary sulfonamides is 1. The van der Waals surface area contributed by atoms with Crippen LogP contribution < -0.4 is 5.14 Å². The second-order valence-electron chi connectivity index (χ2n) is 4.86. The average Bonchev–Trinajstić information content (AvgIpc) is 2.30. The van der Waals surface area contributed by atoms with Gasteiger partial charge in [0.1, 0.15) is 4.75 Å². The number of hydrogen-bond acceptors (Lipinski definition) is 2. The van der Waals surface area contributed by atoms with Crippen LogP contribution in [0, 0.1) is 6.92 Å². The highest BCUT2D eigenvalue weighted by atomic mass is 32.2. The Bertz CT molecular complexity index is 599. The number of benzene rings is 1. The molecular formula is C14H17NO2S. The van der Waals surface area contributed by atoms with Crippen molar-refractivity contribution in [2.75, 3.05) is 0 Å². The number of hydrogen-bond donors (Lipinski definition) is 1. The summed E-state index contributed by atoms with van der Waals surface area (Å²) < 4.78 is 22.6. The Hall–Kier alpha value is -1.39. The maximum Gasteiger partial charge on any atom is 0.219 e. The van der Waals surface area contributed by atoms with Crippen LogP contribution in [0.15, 0.2) is 48.6 Å². The van der Waals surface area contributed by atoms with E-state index in [1.54, 1.807) is 19.1 Å². The molecule has 2 atom stereocenters. The molecule has 3 nitrogen and oxygen atoms in total. The van der Waals surface area contributed by atoms with E-state index in [0.717, 1.165) is 11.1 Å². The molecular weight excluding hydrogens is 246 g/mol. The van der Waals surface area contributed by atoms with Crippen LogP contribution in [0.5, 0.6) is 0 Å². The highest BCUT2D eigenvalue weighted by Gasteiger charge is 2.42. The minimum atomic E-state index is -3.67. The van der Waals surface area contributed by atoms with Crippen LogP contribution in [0.25, 0.3) is 0 Å². The standard InChI is InChI=1S/C14H17NO2S/c1-11-6-8-12(9-7-11)13-5-3-4-10-14(13,2)18(15,16)17/h3-10,13H,1-2H3,(H2,15,16,17). The van der Waals surface area contributed by atoms with Crippen LogP contribution in [0.4, 0.5) is 0 Å². The number of allylic oxidation sites excluding steroid dienone is 3. The first-order valence-electron chi connectivity index (χ1n) is 5.79. The summed E-state index contributed by atoms with van der Waals surface area (Å²) in [6, 6.07) is 7.86. The molecule has 1 aliphatic carbocycles. The maximum absolute atomic E-state index is 11.9. The SMILES string of the molecule is Cc1ccc(C2C=CC=CC2(C)S(N)(=O)=O)cc1. The molecule has 96 valence electrons. The van der Waals surface area contributed by atoms with Gasteiger partial charge < -0.3 is 0 Å². The summed E-state index contributed by atoms with van der Waals surface area (Å²) in [4.78, 5) is 0. The minimum Gasteiger partial charge on any atom is -0.228 e. The van der Waals surface area contributed by atoms with E-state index in [1.807, 2.05) is 43.3 Å². The van der Waals surface area contributed by atoms with Crippen LogP contribution in [0.3, 0.4) is 0 Å². The lowest BCUT2D eigenvalue weighted by Crippen LogP contribution is -2.44. The van der Waals surface area contributed by atoms with E-state index in [2.05, 4.69) is 0 Å². The predicted molar refractivity (Wildman–Crippen MR) is 73.7 cm³/mol. The van der Waals surface area contributed by atoms with Gasteiger partial charge in [-0.15, -0.1) is 0 Å². The molecule has 0 radical (unpaired) electrons. The van der Waals surface area contributed by atoms with E-state index in [1.165, 1.54) is 0 Å². The van der Waals surface area contributed by atoms with Gasteiger partial charge in [-0.1, -0.05) is 54.1 Å². The molecule has 2 unspecified atom stereocenters. The topological polar surface area (TPSA) is 60.2 Å². The molecule has 18 heavy (non-hydrogen) atoms. The highest BCUT2D eigenvalue weighted by molar-refractivity contribution is 7.90. The molecule has 0 amide bonds. The van der Waals surface area contributed by atoms with Crippen LogP contribution in [0.2, 0.25) is 0 Å². The highest BCUT2D eigenvalue weighted by Crippen LogP contribution is 2.38. The van der Waals surface area contributed by atoms with Crippen molar-refractivity contribution >= 4 is 10.0 Å². The lowest BCUT2D eigenvalue weighted by molar-refractivity contribution is 0.546. The number of aryl methyl sites for hydroxylation is 1. The largest absolute Gasteiger partial charge is 0.228 e. The zero-order chi connectivity index (χ0) is 13.4. The molecule has 4 heteroatoms. The summed E-state index contributed by atoms with van der Waals surface area (Å²) in [5, 5.41) is 5.39. The molecule has 1 aliphatic rings. The van der Waals surface area contributed by atoms with E-state index in [0.29, 0.717) is 0 Å². The molecule has 2 N–H and O–H groups in total. The van der Waals surface area contributed by atoms with E-state index in [9.17, 15) is 8.42 Å². The quantitative estimate of drug-likeness (QED) is 0.889. The average molecular weight is 263 g/mol. The first kappa shape index (κ1) is 13.1. The van der Waals surface area contributed by atoms with Crippen molar-refractivity contribution in [1.29, 1.82) is 0 Å². The first-order chi connectivity index (χ1) is 8.34. The number of rotatable bonds is 2. The summed E-state index contributed by atoms with van der Waals surface area (Å²) in [6.07, 6.45) is 7.13. The summed E-state index contributed by atoms with van der Waals surface area (Å²) in [6.45, 7) is 3.66. The Labute approximate surface area is 108 Å². The third-order valence-electron chi connectivity index (χ3n) is 3.51. The van der Waals surface area contributed by atoms with Gasteiger partial charge in [-0.25, -0.2) is 13.6 Å². The van der Waals surface area contributed by atoms with Crippen molar-refractivity contribution < 1.29 is 8.42 Å². The summed E-state index contributed by atoms with van der Waals surface area (Å²) in [5.41, 5.74) is 2.10. The maximum atomic E-state index is 11.9. The van der Waals surface area contributed by atoms with Gasteiger partial charge in [0.25, 0.3) is 0 Å². The molecule has 2 rings (SSSR count). The number of sulfonamides is 1. The Morgan fingerprint density at radius 1 is 1.17 bits per heavy atom. The van der Waals surface area contributed by atoms with E-state index < -0.39 is 14.8 Å². The van der Waals surface area contributed by atoms with Gasteiger partial charge in [0.05, 0.1) is 0 Å². The van der Waals surface area contributed by atoms with Crippen molar-refractivity contribution in [3.63, 3.8) is 0 Å². The van der Waals surface area contributed by atoms with E-state index in [-0.39, 0.29) is 5.92 Å². The van der Waals surface area contributed by atoms with Gasteiger partial charge in [-0.3, -0.25) is 0 Å². The molecule has 0 saturated carbocycles. The molecule has 1 aromatic carbocycles. The molecule has 0 spiro atoms. The Morgan fingerprint density at radius 2 is 1.78 bits per heavy atom. The van der Waals surface area contributed by atoms with Gasteiger partial charge in [0, 0.05) is 5.92 Å². The monoisotopic (exact) mass is 263 g/mol. The van der Waals surface area contributed by atoms with Crippen LogP contribution in [0.1, 0.15) is 24.0 Å². The van der Waals surface area contributed by atoms with Gasteiger partial charge >= 0.3 is 0 Å². The van der Waals surface area contributed by atoms with E-state index >= 15 is 0 Å². The normalized spacial score (nSPS) is 27.4. The summed E-state index contributed by atoms with van der Waals surface area (Å²) >= 11 is 0. The third-order valence-corrected chi connectivity index (χ3v) is 5.12. The van der Waals surface area contributed by atoms with Gasteiger partial charge in [-0.05, 0) is 19.4 Å². The molecule has 0 aromatic heterocycles. The second-order valence-corrected chi connectivity index (χ2v) is 6.83. The van der Waals surface area contributed by atoms with Gasteiger partial charge in [0.15, 0.2) is 0 Å². The van der Waals surface area contributed by atoms with Crippen LogP contribution in [-0.4, -0.2) is 13.2 Å². The summed E-state index contributed by atoms with van der Waals surface area (Å²) in [7, 11) is -3.67. The van der Waals surface area contributed by atoms with Crippen molar-refractivity contribution in [2.45, 2.75) is 24.5 Å². The fourth-order valence-electron chi connectivity index (χ4n) is 2.20. The molecule has 0 bridgehead atoms. The zero-order valence-corrected chi connectivity index (χ0v) is 11.3. The fraction of sp³-hybridized carbons (Fsp3) is 0.286. The van der Waals surface area contributed by atoms with Gasteiger partial charge in [0.2, 0.25) is 10.0 Å². The Morgan fingerprint density at radius 3 is 2.33 bits per heavy atom. The van der Waals surface area contributed by atoms with Crippen LogP contribution in [-0.2, 0) is 10.0 Å². The first-order valence-corrected chi connectivity index (χ1v) is 7.34. The Balaban J connectivity index is 2.52. The van der Waals surface area contributed by atoms with Crippen molar-refractivity contribution in [3.05, 3.63) is 59.7 Å². The minimum absolute atomic E-state index is 0.252. The molecule has 0 fully saturated rings. The van der Waals surface area contributed by atoms with Crippen molar-refractivity contribution in [3.8, 4) is 0 Å². The lowest BCUT2D eigenvalue weighted by Gasteiger charge is -2.33. The zero-order valence-electron chi connectivity index (χ0n) is 10.5. The second kappa shape index (κ2) is 4.37.